The van der Waals surface area contributed by atoms with Crippen molar-refractivity contribution in [3.05, 3.63) is 29.3 Å². The number of phenolic OH excluding ortho intramolecular Hbond substituents is 1. The number of hydrogen-bond donors (Lipinski definition) is 3. The molecule has 1 aromatic carbocycles. The number of aliphatic carboxylic acids is 1. The van der Waals surface area contributed by atoms with Gasteiger partial charge in [0.15, 0.2) is 6.10 Å². The van der Waals surface area contributed by atoms with Crippen molar-refractivity contribution in [3.63, 3.8) is 0 Å². The van der Waals surface area contributed by atoms with E-state index >= 15 is 0 Å². The smallest absolute Gasteiger partial charge is 0.337 e. The van der Waals surface area contributed by atoms with Crippen LogP contribution < -0.4 is 0 Å². The van der Waals surface area contributed by atoms with E-state index in [1.54, 1.807) is 0 Å². The summed E-state index contributed by atoms with van der Waals surface area (Å²) in [5.74, 6) is -0.933. The van der Waals surface area contributed by atoms with Crippen molar-refractivity contribution in [2.24, 2.45) is 0 Å². The highest BCUT2D eigenvalue weighted by Crippen LogP contribution is 2.27. The van der Waals surface area contributed by atoms with Crippen LogP contribution in [-0.2, 0) is 11.2 Å². The van der Waals surface area contributed by atoms with Crippen molar-refractivity contribution in [3.8, 4) is 5.75 Å². The van der Waals surface area contributed by atoms with Crippen LogP contribution in [0, 0.1) is 0 Å². The molecule has 0 bridgehead atoms. The Morgan fingerprint density at radius 1 is 1.44 bits per heavy atom. The van der Waals surface area contributed by atoms with Gasteiger partial charge in [0.25, 0.3) is 0 Å². The van der Waals surface area contributed by atoms with Crippen molar-refractivity contribution in [2.75, 3.05) is 5.88 Å². The Labute approximate surface area is 98.1 Å². The van der Waals surface area contributed by atoms with Gasteiger partial charge < -0.3 is 15.3 Å². The summed E-state index contributed by atoms with van der Waals surface area (Å²) in [6, 6.07) is 4.45. The minimum atomic E-state index is -1.61. The summed E-state index contributed by atoms with van der Waals surface area (Å²) in [5.41, 5.74) is 0.663. The van der Waals surface area contributed by atoms with Gasteiger partial charge in [0.1, 0.15) is 5.75 Å². The fraction of sp³-hybridized carbons (Fsp3) is 0.364. The molecule has 16 heavy (non-hydrogen) atoms. The van der Waals surface area contributed by atoms with Crippen LogP contribution in [0.2, 0.25) is 0 Å². The highest BCUT2D eigenvalue weighted by Gasteiger charge is 2.20. The van der Waals surface area contributed by atoms with Crippen molar-refractivity contribution < 1.29 is 20.1 Å². The monoisotopic (exact) mass is 244 g/mol. The Hall–Kier alpha value is -1.26. The van der Waals surface area contributed by atoms with Crippen molar-refractivity contribution >= 4 is 17.6 Å². The first kappa shape index (κ1) is 12.8. The van der Waals surface area contributed by atoms with E-state index in [4.69, 9.17) is 16.7 Å². The van der Waals surface area contributed by atoms with E-state index in [1.807, 2.05) is 0 Å². The van der Waals surface area contributed by atoms with Gasteiger partial charge in [-0.25, -0.2) is 4.79 Å². The van der Waals surface area contributed by atoms with Crippen LogP contribution in [0.5, 0.6) is 5.75 Å². The summed E-state index contributed by atoms with van der Waals surface area (Å²) < 4.78 is 0. The maximum absolute atomic E-state index is 10.7. The van der Waals surface area contributed by atoms with Gasteiger partial charge in [-0.2, -0.15) is 0 Å². The van der Waals surface area contributed by atoms with E-state index in [0.717, 1.165) is 0 Å². The zero-order valence-corrected chi connectivity index (χ0v) is 9.31. The van der Waals surface area contributed by atoms with Crippen molar-refractivity contribution in [2.45, 2.75) is 18.9 Å². The van der Waals surface area contributed by atoms with Crippen LogP contribution in [0.25, 0.3) is 0 Å². The number of halogens is 1. The first-order chi connectivity index (χ1) is 7.57. The summed E-state index contributed by atoms with van der Waals surface area (Å²) in [5, 5.41) is 27.8. The Bertz CT molecular complexity index is 378. The van der Waals surface area contributed by atoms with Gasteiger partial charge in [0, 0.05) is 11.4 Å². The molecule has 0 aromatic heterocycles. The molecule has 0 spiro atoms. The van der Waals surface area contributed by atoms with E-state index in [9.17, 15) is 15.0 Å². The number of aromatic hydroxyl groups is 1. The Morgan fingerprint density at radius 3 is 2.69 bits per heavy atom. The summed E-state index contributed by atoms with van der Waals surface area (Å²) in [4.78, 5) is 10.7. The molecule has 0 aliphatic carbocycles. The maximum Gasteiger partial charge on any atom is 0.337 e. The first-order valence-electron chi connectivity index (χ1n) is 4.85. The van der Waals surface area contributed by atoms with Crippen LogP contribution in [0.3, 0.4) is 0 Å². The Balaban J connectivity index is 3.06. The van der Waals surface area contributed by atoms with Crippen LogP contribution in [-0.4, -0.2) is 27.2 Å². The first-order valence-corrected chi connectivity index (χ1v) is 5.39. The van der Waals surface area contributed by atoms with Gasteiger partial charge in [0.2, 0.25) is 0 Å². The van der Waals surface area contributed by atoms with Gasteiger partial charge >= 0.3 is 5.97 Å². The molecule has 1 rings (SSSR count). The molecule has 88 valence electrons. The van der Waals surface area contributed by atoms with Gasteiger partial charge in [-0.15, -0.1) is 11.6 Å². The second kappa shape index (κ2) is 5.72. The number of benzene rings is 1. The van der Waals surface area contributed by atoms with E-state index in [1.165, 1.54) is 18.2 Å². The summed E-state index contributed by atoms with van der Waals surface area (Å²) in [7, 11) is 0. The molecule has 1 unspecified atom stereocenters. The molecule has 0 aliphatic heterocycles. The summed E-state index contributed by atoms with van der Waals surface area (Å²) in [6.45, 7) is 0. The SMILES string of the molecule is O=C(O)C(O)c1cccc(O)c1CCCCl. The molecule has 1 aromatic rings. The molecule has 0 radical (unpaired) electrons. The fourth-order valence-electron chi connectivity index (χ4n) is 1.50. The second-order valence-corrected chi connectivity index (χ2v) is 3.76. The lowest BCUT2D eigenvalue weighted by Gasteiger charge is -2.13. The Kier molecular flexibility index (Phi) is 4.58. The van der Waals surface area contributed by atoms with Gasteiger partial charge in [-0.3, -0.25) is 0 Å². The minimum Gasteiger partial charge on any atom is -0.508 e. The summed E-state index contributed by atoms with van der Waals surface area (Å²) in [6.07, 6.45) is -0.564. The standard InChI is InChI=1S/C11H13ClO4/c12-6-2-4-7-8(10(14)11(15)16)3-1-5-9(7)13/h1,3,5,10,13-14H,2,4,6H2,(H,15,16). The lowest BCUT2D eigenvalue weighted by atomic mass is 9.98. The normalized spacial score (nSPS) is 12.4. The third-order valence-corrected chi connectivity index (χ3v) is 2.54. The molecule has 0 fully saturated rings. The lowest BCUT2D eigenvalue weighted by Crippen LogP contribution is -2.13. The second-order valence-electron chi connectivity index (χ2n) is 3.38. The number of carboxylic acids is 1. The van der Waals surface area contributed by atoms with E-state index < -0.39 is 12.1 Å². The highest BCUT2D eigenvalue weighted by molar-refractivity contribution is 6.17. The fourth-order valence-corrected chi connectivity index (χ4v) is 1.63. The quantitative estimate of drug-likeness (QED) is 0.689. The van der Waals surface area contributed by atoms with Crippen LogP contribution >= 0.6 is 11.6 Å². The molecular weight excluding hydrogens is 232 g/mol. The predicted molar refractivity (Wildman–Crippen MR) is 59.7 cm³/mol. The van der Waals surface area contributed by atoms with Gasteiger partial charge in [-0.05, 0) is 24.5 Å². The molecule has 0 aliphatic rings. The van der Waals surface area contributed by atoms with Gasteiger partial charge in [-0.1, -0.05) is 12.1 Å². The van der Waals surface area contributed by atoms with E-state index in [2.05, 4.69) is 0 Å². The number of carbonyl (C=O) groups is 1. The van der Waals surface area contributed by atoms with Crippen LogP contribution in [0.15, 0.2) is 18.2 Å². The van der Waals surface area contributed by atoms with Crippen molar-refractivity contribution in [1.82, 2.24) is 0 Å². The van der Waals surface area contributed by atoms with Gasteiger partial charge in [0.05, 0.1) is 0 Å². The summed E-state index contributed by atoms with van der Waals surface area (Å²) >= 11 is 5.54. The third-order valence-electron chi connectivity index (χ3n) is 2.28. The molecule has 3 N–H and O–H groups in total. The number of hydrogen-bond acceptors (Lipinski definition) is 3. The molecule has 0 heterocycles. The number of carboxylic acid groups (broad SMARTS) is 1. The van der Waals surface area contributed by atoms with Crippen LogP contribution in [0.1, 0.15) is 23.7 Å². The molecule has 4 nitrogen and oxygen atoms in total. The number of aliphatic hydroxyl groups is 1. The average Bonchev–Trinajstić information content (AvgIpc) is 2.26. The zero-order chi connectivity index (χ0) is 12.1. The molecule has 1 atom stereocenters. The minimum absolute atomic E-state index is 0.0112. The zero-order valence-electron chi connectivity index (χ0n) is 8.56. The largest absolute Gasteiger partial charge is 0.508 e. The molecule has 0 saturated heterocycles. The van der Waals surface area contributed by atoms with E-state index in [-0.39, 0.29) is 11.3 Å². The molecule has 0 saturated carbocycles. The number of alkyl halides is 1. The molecule has 5 heteroatoms. The number of aliphatic hydroxyl groups excluding tert-OH is 1. The number of rotatable bonds is 5. The molecular formula is C11H13ClO4. The van der Waals surface area contributed by atoms with Crippen molar-refractivity contribution in [1.29, 1.82) is 0 Å². The average molecular weight is 245 g/mol. The molecule has 0 amide bonds. The topological polar surface area (TPSA) is 77.8 Å². The lowest BCUT2D eigenvalue weighted by molar-refractivity contribution is -0.147. The highest BCUT2D eigenvalue weighted by atomic mass is 35.5. The van der Waals surface area contributed by atoms with Crippen LogP contribution in [0.4, 0.5) is 0 Å². The maximum atomic E-state index is 10.7. The predicted octanol–water partition coefficient (Wildman–Crippen LogP) is 1.68. The third kappa shape index (κ3) is 2.87. The number of phenols is 1. The van der Waals surface area contributed by atoms with E-state index in [0.29, 0.717) is 24.3 Å². The Morgan fingerprint density at radius 2 is 2.12 bits per heavy atom.